The molecule has 7 aromatic heterocycles. The number of nitrogen functional groups attached to an aromatic ring is 2. The molecular formula is C54H90N16O8S4. The Hall–Kier alpha value is -6.49. The molecular weight excluding hydrogens is 1130 g/mol. The van der Waals surface area contributed by atoms with E-state index >= 15 is 0 Å². The number of H-pyrrole nitrogens is 6. The molecule has 0 aliphatic carbocycles. The van der Waals surface area contributed by atoms with Crippen molar-refractivity contribution in [3.63, 3.8) is 0 Å². The van der Waals surface area contributed by atoms with Crippen LogP contribution >= 0.6 is 34.9 Å². The third-order valence-electron chi connectivity index (χ3n) is 10.3. The molecule has 0 saturated carbocycles. The summed E-state index contributed by atoms with van der Waals surface area (Å²) in [5.41, 5.74) is 16.9. The van der Waals surface area contributed by atoms with E-state index in [1.165, 1.54) is 34.9 Å². The van der Waals surface area contributed by atoms with Gasteiger partial charge in [-0.15, -0.1) is 15.7 Å². The average molecular weight is 1220 g/mol. The summed E-state index contributed by atoms with van der Waals surface area (Å²) in [7, 11) is 0. The summed E-state index contributed by atoms with van der Waals surface area (Å²) >= 11 is 6.00. The van der Waals surface area contributed by atoms with Crippen molar-refractivity contribution >= 4 is 63.1 Å². The van der Waals surface area contributed by atoms with Crippen LogP contribution in [0, 0.1) is 10.2 Å². The number of hydroxylamine groups is 1. The topological polar surface area (TPSA) is 369 Å². The number of amidine groups is 1. The molecule has 24 nitrogen and oxygen atoms in total. The highest BCUT2D eigenvalue weighted by Gasteiger charge is 2.26. The second-order valence-electron chi connectivity index (χ2n) is 26.6. The van der Waals surface area contributed by atoms with E-state index in [1.54, 1.807) is 6.20 Å². The molecule has 0 spiro atoms. The highest BCUT2D eigenvalue weighted by molar-refractivity contribution is 7.79. The van der Waals surface area contributed by atoms with Crippen LogP contribution in [0.25, 0.3) is 0 Å². The van der Waals surface area contributed by atoms with E-state index in [0.29, 0.717) is 33.3 Å². The number of thiazole rings is 2. The molecule has 1 aliphatic heterocycles. The van der Waals surface area contributed by atoms with E-state index in [4.69, 9.17) is 28.2 Å². The number of hydrogen-bond acceptors (Lipinski definition) is 20. The number of nitrogens with one attached hydrogen (secondary N) is 7. The zero-order chi connectivity index (χ0) is 63.6. The van der Waals surface area contributed by atoms with Crippen LogP contribution in [0.2, 0.25) is 0 Å². The summed E-state index contributed by atoms with van der Waals surface area (Å²) in [5, 5.41) is 16.0. The van der Waals surface area contributed by atoms with Crippen molar-refractivity contribution < 1.29 is 17.5 Å². The molecule has 0 radical (unpaired) electrons. The first-order valence-corrected chi connectivity index (χ1v) is 29.1. The Kier molecular flexibility index (Phi) is 27.1. The van der Waals surface area contributed by atoms with Gasteiger partial charge in [0.05, 0.1) is 11.4 Å². The summed E-state index contributed by atoms with van der Waals surface area (Å²) in [4.78, 5) is 70.2. The zero-order valence-corrected chi connectivity index (χ0v) is 55.5. The number of anilines is 2. The molecule has 1 atom stereocenters. The molecule has 0 aromatic carbocycles. The van der Waals surface area contributed by atoms with Gasteiger partial charge in [0.2, 0.25) is 10.7 Å². The maximum Gasteiger partial charge on any atom is 0.438 e. The number of rotatable bonds is 0. The normalized spacial score (nSPS) is 13.5. The first-order valence-electron chi connectivity index (χ1n) is 25.9. The zero-order valence-electron chi connectivity index (χ0n) is 52.2. The van der Waals surface area contributed by atoms with E-state index in [2.05, 4.69) is 162 Å². The fraction of sp³-hybridized carbons (Fsp3) is 0.593. The van der Waals surface area contributed by atoms with Crippen molar-refractivity contribution in [2.75, 3.05) is 11.5 Å². The number of aromatic amines is 6. The molecule has 1 aliphatic rings. The number of hydrogen-bond donors (Lipinski definition) is 9. The largest absolute Gasteiger partial charge is 0.438 e. The second-order valence-corrected chi connectivity index (χ2v) is 29.5. The molecule has 0 amide bonds. The van der Waals surface area contributed by atoms with E-state index in [0.717, 1.165) is 28.6 Å². The predicted octanol–water partition coefficient (Wildman–Crippen LogP) is 10.4. The van der Waals surface area contributed by atoms with E-state index in [1.807, 2.05) is 106 Å². The molecule has 8 heterocycles. The lowest BCUT2D eigenvalue weighted by molar-refractivity contribution is 0.291. The third kappa shape index (κ3) is 29.0. The second kappa shape index (κ2) is 30.2. The molecule has 7 aromatic rings. The minimum Gasteiger partial charge on any atom is -0.383 e. The van der Waals surface area contributed by atoms with Crippen molar-refractivity contribution in [3.05, 3.63) is 127 Å². The van der Waals surface area contributed by atoms with Crippen LogP contribution in [0.5, 0.6) is 0 Å². The van der Waals surface area contributed by atoms with Crippen LogP contribution in [0.4, 0.5) is 11.1 Å². The van der Waals surface area contributed by atoms with Crippen LogP contribution in [-0.2, 0) is 53.5 Å². The molecule has 0 bridgehead atoms. The summed E-state index contributed by atoms with van der Waals surface area (Å²) in [6.45, 7) is 48.9. The Morgan fingerprint density at radius 3 is 1.38 bits per heavy atom. The summed E-state index contributed by atoms with van der Waals surface area (Å²) in [5.74, 6) is 2.65. The predicted molar refractivity (Wildman–Crippen MR) is 333 cm³/mol. The highest BCUT2D eigenvalue weighted by atomic mass is 32.2. The lowest BCUT2D eigenvalue weighted by atomic mass is 9.92. The van der Waals surface area contributed by atoms with Gasteiger partial charge in [-0.1, -0.05) is 183 Å². The maximum absolute atomic E-state index is 10.8. The molecule has 0 fully saturated rings. The van der Waals surface area contributed by atoms with Gasteiger partial charge in [0.1, 0.15) is 17.4 Å². The van der Waals surface area contributed by atoms with Gasteiger partial charge in [0.25, 0.3) is 5.56 Å². The van der Waals surface area contributed by atoms with Crippen molar-refractivity contribution in [2.24, 2.45) is 9.81 Å². The van der Waals surface area contributed by atoms with Gasteiger partial charge >= 0.3 is 27.6 Å². The lowest BCUT2D eigenvalue weighted by Gasteiger charge is -2.17. The Labute approximate surface area is 496 Å². The SMILES string of the molecule is CC(C)(C)C1=NS(=O)ON1.CC(C)(C)c1cc(=O)[nH]o1.CC(C)(C)c1ccnc(=O)[nH]1.CC(C)(C)c1ccnc(N)n1.CC(C)(C)c1csc(=O)[nH]1.CC(C)(C)c1csc(N)n1.CC(C)(C)c1nc(=S)[nH][nH]1.CC(C)(C)c1noc(=O)[nH]1. The van der Waals surface area contributed by atoms with Crippen molar-refractivity contribution in [1.29, 1.82) is 0 Å². The van der Waals surface area contributed by atoms with Gasteiger partial charge < -0.3 is 26.0 Å². The lowest BCUT2D eigenvalue weighted by Crippen LogP contribution is -2.30. The molecule has 8 rings (SSSR count). The number of aromatic nitrogens is 12. The van der Waals surface area contributed by atoms with Crippen molar-refractivity contribution in [3.8, 4) is 0 Å². The Bertz CT molecular complexity index is 3140. The fourth-order valence-corrected chi connectivity index (χ4v) is 7.57. The van der Waals surface area contributed by atoms with E-state index in [-0.39, 0.29) is 59.4 Å². The fourth-order valence-electron chi connectivity index (χ4n) is 5.18. The van der Waals surface area contributed by atoms with Gasteiger partial charge in [-0.25, -0.2) is 44.2 Å². The maximum atomic E-state index is 10.8. The number of nitrogens with zero attached hydrogens (tertiary/aromatic N) is 7. The first-order chi connectivity index (χ1) is 37.0. The summed E-state index contributed by atoms with van der Waals surface area (Å²) in [6.07, 6.45) is 3.21. The smallest absolute Gasteiger partial charge is 0.383 e. The van der Waals surface area contributed by atoms with Gasteiger partial charge in [-0.05, 0) is 24.4 Å². The molecule has 1 unspecified atom stereocenters. The van der Waals surface area contributed by atoms with Gasteiger partial charge in [-0.2, -0.15) is 9.44 Å². The van der Waals surface area contributed by atoms with Crippen molar-refractivity contribution in [2.45, 2.75) is 204 Å². The molecule has 28 heteroatoms. The third-order valence-corrected chi connectivity index (χ3v) is 12.3. The molecule has 0 saturated heterocycles. The highest BCUT2D eigenvalue weighted by Crippen LogP contribution is 2.25. The van der Waals surface area contributed by atoms with Crippen LogP contribution in [-0.4, -0.2) is 70.4 Å². The van der Waals surface area contributed by atoms with Crippen LogP contribution in [0.1, 0.15) is 206 Å². The van der Waals surface area contributed by atoms with E-state index < -0.39 is 17.0 Å². The van der Waals surface area contributed by atoms with Crippen molar-refractivity contribution in [1.82, 2.24) is 65.9 Å². The van der Waals surface area contributed by atoms with Crippen LogP contribution in [0.3, 0.4) is 0 Å². The minimum atomic E-state index is -1.52. The molecule has 458 valence electrons. The quantitative estimate of drug-likeness (QED) is 0.0637. The standard InChI is InChI=1S/C8H13N3.C8H12N2O.C7H12N2S.C7H11NO2.C7H11NOS.C6H11N3S.C6H10N2O2.C5H10N2O2S/c1-8(2,3)6-4-5-10-7(9)11-6;1-8(2,3)6-4-5-9-7(11)10-6;1-7(2,3)5-4-10-6(8)9-5;1-7(2,3)5-4-6(9)8-10-5;1-7(2,3)5-4-10-6(9)8-5;1-6(2,3)4-7-5(10)9-8-4;1-6(2,3)4-7-5(9)10-8-4;1-5(2,3)4-6-9-10(8)7-4/h4-5H,1-3H3,(H2,9,10,11);4-5H,1-3H3,(H,9,10,11);4H,1-3H3,(H2,8,9);2*4H,1-3H3,(H,8,9);1-3H3,(H2,7,8,9,10);1-3H3,(H,7,8,9);1-3H3,(H,6,7). The Morgan fingerprint density at radius 1 is 0.573 bits per heavy atom. The summed E-state index contributed by atoms with van der Waals surface area (Å²) < 4.78 is 28.5. The summed E-state index contributed by atoms with van der Waals surface area (Å²) in [6, 6.07) is 5.18. The Morgan fingerprint density at radius 2 is 1.13 bits per heavy atom. The minimum absolute atomic E-state index is 0.0118. The first kappa shape index (κ1) is 73.5. The van der Waals surface area contributed by atoms with Gasteiger partial charge in [-0.3, -0.25) is 29.3 Å². The van der Waals surface area contributed by atoms with Gasteiger partial charge in [0.15, 0.2) is 11.0 Å². The molecule has 82 heavy (non-hydrogen) atoms. The van der Waals surface area contributed by atoms with Gasteiger partial charge in [0, 0.05) is 83.9 Å². The van der Waals surface area contributed by atoms with E-state index in [9.17, 15) is 23.4 Å². The molecule has 11 N–H and O–H groups in total. The van der Waals surface area contributed by atoms with Crippen LogP contribution < -0.4 is 38.8 Å². The monoisotopic (exact) mass is 1220 g/mol. The number of nitrogens with two attached hydrogens (primary N) is 2. The average Bonchev–Trinajstić information content (AvgIpc) is 4.18. The van der Waals surface area contributed by atoms with Crippen LogP contribution in [0.15, 0.2) is 74.0 Å². The Balaban J connectivity index is 0.000000469.